The Kier molecular flexibility index (Phi) is 8.00. The second-order valence-electron chi connectivity index (χ2n) is 13.3. The van der Waals surface area contributed by atoms with Gasteiger partial charge in [-0.05, 0) is 112 Å². The van der Waals surface area contributed by atoms with Gasteiger partial charge in [0, 0.05) is 18.6 Å². The Morgan fingerprint density at radius 2 is 1.44 bits per heavy atom. The molecule has 0 aromatic heterocycles. The first kappa shape index (κ1) is 26.8. The number of carbonyl (C=O) groups excluding carboxylic acids is 1. The molecule has 5 atom stereocenters. The highest BCUT2D eigenvalue weighted by molar-refractivity contribution is 5.75. The van der Waals surface area contributed by atoms with Crippen LogP contribution in [-0.4, -0.2) is 47.3 Å². The number of nitrogens with one attached hydrogen (secondary N) is 2. The van der Waals surface area contributed by atoms with Crippen LogP contribution in [0.25, 0.3) is 0 Å². The van der Waals surface area contributed by atoms with E-state index in [0.29, 0.717) is 0 Å². The van der Waals surface area contributed by atoms with Gasteiger partial charge in [-0.25, -0.2) is 4.79 Å². The van der Waals surface area contributed by atoms with Crippen LogP contribution in [0.5, 0.6) is 0 Å². The smallest absolute Gasteiger partial charge is 0.315 e. The van der Waals surface area contributed by atoms with Crippen molar-refractivity contribution in [1.82, 2.24) is 15.5 Å². The Morgan fingerprint density at radius 1 is 0.872 bits per heavy atom. The second-order valence-corrected chi connectivity index (χ2v) is 13.3. The lowest BCUT2D eigenvalue weighted by Crippen LogP contribution is -2.54. The van der Waals surface area contributed by atoms with Gasteiger partial charge < -0.3 is 20.6 Å². The SMILES string of the molecule is C[C@H](NC(=O)NC1CCC(CCN2CC3C[C@@H]4CC2C[C@H](C3)C4)CC1)C(O)(c1ccccc1)c1ccccc1. The summed E-state index contributed by atoms with van der Waals surface area (Å²) in [6.07, 6.45) is 13.2. The Labute approximate surface area is 234 Å². The standard InChI is InChI=1S/C34H47N3O2/c1-24(34(39,29-8-4-2-5-9-29)30-10-6-3-7-11-30)35-33(38)36-31-14-12-25(13-15-31)16-17-37-23-28-19-26-18-27(20-28)22-32(37)21-26/h2-11,24-28,31-32,39H,12-23H2,1H3,(H2,35,36,38)/t24-,25?,26-,27+,28?,31?,32?/m0/s1. The molecular formula is C34H47N3O2. The molecule has 210 valence electrons. The topological polar surface area (TPSA) is 64.6 Å². The number of hydrogen-bond acceptors (Lipinski definition) is 3. The maximum atomic E-state index is 13.1. The molecule has 3 N–H and O–H groups in total. The summed E-state index contributed by atoms with van der Waals surface area (Å²) in [7, 11) is 0. The number of amides is 2. The third-order valence-electron chi connectivity index (χ3n) is 10.6. The van der Waals surface area contributed by atoms with Crippen LogP contribution in [0.3, 0.4) is 0 Å². The average molecular weight is 530 g/mol. The average Bonchev–Trinajstić information content (AvgIpc) is 3.15. The molecular weight excluding hydrogens is 482 g/mol. The summed E-state index contributed by atoms with van der Waals surface area (Å²) in [6.45, 7) is 4.52. The van der Waals surface area contributed by atoms with Gasteiger partial charge in [0.2, 0.25) is 0 Å². The molecule has 4 bridgehead atoms. The summed E-state index contributed by atoms with van der Waals surface area (Å²) < 4.78 is 0. The first-order valence-electron chi connectivity index (χ1n) is 15.6. The highest BCUT2D eigenvalue weighted by atomic mass is 16.3. The van der Waals surface area contributed by atoms with Crippen LogP contribution < -0.4 is 10.6 Å². The Balaban J connectivity index is 0.987. The molecule has 2 unspecified atom stereocenters. The van der Waals surface area contributed by atoms with Crippen molar-refractivity contribution in [1.29, 1.82) is 0 Å². The van der Waals surface area contributed by atoms with E-state index in [2.05, 4.69) is 15.5 Å². The van der Waals surface area contributed by atoms with Crippen LogP contribution in [0.15, 0.2) is 60.7 Å². The third-order valence-corrected chi connectivity index (χ3v) is 10.6. The maximum Gasteiger partial charge on any atom is 0.315 e. The monoisotopic (exact) mass is 529 g/mol. The molecule has 5 heteroatoms. The van der Waals surface area contributed by atoms with Crippen LogP contribution in [0.1, 0.15) is 82.3 Å². The van der Waals surface area contributed by atoms with Gasteiger partial charge in [0.25, 0.3) is 0 Å². The van der Waals surface area contributed by atoms with E-state index in [9.17, 15) is 9.90 Å². The molecule has 5 aliphatic rings. The summed E-state index contributed by atoms with van der Waals surface area (Å²) in [6, 6.07) is 19.7. The van der Waals surface area contributed by atoms with Crippen molar-refractivity contribution in [3.63, 3.8) is 0 Å². The molecule has 3 saturated carbocycles. The van der Waals surface area contributed by atoms with E-state index in [1.165, 1.54) is 64.5 Å². The fourth-order valence-electron chi connectivity index (χ4n) is 8.68. The molecule has 2 amide bonds. The van der Waals surface area contributed by atoms with Crippen molar-refractivity contribution in [3.8, 4) is 0 Å². The minimum absolute atomic E-state index is 0.188. The van der Waals surface area contributed by atoms with Crippen LogP contribution in [0, 0.1) is 23.7 Å². The van der Waals surface area contributed by atoms with E-state index in [4.69, 9.17) is 0 Å². The van der Waals surface area contributed by atoms with Gasteiger partial charge in [0.05, 0.1) is 6.04 Å². The van der Waals surface area contributed by atoms with Gasteiger partial charge >= 0.3 is 6.03 Å². The number of fused-ring (bicyclic) bond motifs is 1. The second kappa shape index (κ2) is 11.6. The Morgan fingerprint density at radius 3 is 2.03 bits per heavy atom. The molecule has 2 heterocycles. The molecule has 0 radical (unpaired) electrons. The number of urea groups is 1. The van der Waals surface area contributed by atoms with Gasteiger partial charge in [-0.2, -0.15) is 0 Å². The van der Waals surface area contributed by atoms with E-state index in [1.54, 1.807) is 0 Å². The molecule has 5 nitrogen and oxygen atoms in total. The minimum atomic E-state index is -1.32. The van der Waals surface area contributed by atoms with Crippen molar-refractivity contribution in [2.75, 3.05) is 13.1 Å². The molecule has 5 fully saturated rings. The Hall–Kier alpha value is -2.37. The lowest BCUT2D eigenvalue weighted by molar-refractivity contribution is 0.0470. The van der Waals surface area contributed by atoms with E-state index in [1.807, 2.05) is 67.6 Å². The molecule has 2 saturated heterocycles. The van der Waals surface area contributed by atoms with Gasteiger partial charge in [-0.1, -0.05) is 60.7 Å². The molecule has 2 aromatic carbocycles. The van der Waals surface area contributed by atoms with E-state index in [0.717, 1.165) is 53.7 Å². The van der Waals surface area contributed by atoms with E-state index in [-0.39, 0.29) is 12.1 Å². The molecule has 0 spiro atoms. The fraction of sp³-hybridized carbons (Fsp3) is 0.618. The highest BCUT2D eigenvalue weighted by Gasteiger charge is 2.43. The molecule has 2 aliphatic heterocycles. The van der Waals surface area contributed by atoms with Crippen molar-refractivity contribution >= 4 is 6.03 Å². The normalized spacial score (nSPS) is 31.4. The summed E-state index contributed by atoms with van der Waals surface area (Å²) >= 11 is 0. The summed E-state index contributed by atoms with van der Waals surface area (Å²) in [5.74, 6) is 3.78. The predicted octanol–water partition coefficient (Wildman–Crippen LogP) is 6.07. The van der Waals surface area contributed by atoms with Crippen molar-refractivity contribution in [3.05, 3.63) is 71.8 Å². The first-order chi connectivity index (χ1) is 19.0. The van der Waals surface area contributed by atoms with Crippen LogP contribution in [0.4, 0.5) is 4.79 Å². The van der Waals surface area contributed by atoms with E-state index < -0.39 is 11.6 Å². The molecule has 3 aliphatic carbocycles. The number of rotatable bonds is 8. The van der Waals surface area contributed by atoms with Crippen LogP contribution in [-0.2, 0) is 5.60 Å². The van der Waals surface area contributed by atoms with Crippen LogP contribution >= 0.6 is 0 Å². The number of nitrogens with zero attached hydrogens (tertiary/aromatic N) is 1. The highest BCUT2D eigenvalue weighted by Crippen LogP contribution is 2.47. The zero-order valence-corrected chi connectivity index (χ0v) is 23.6. The third kappa shape index (κ3) is 5.90. The zero-order valence-electron chi connectivity index (χ0n) is 23.6. The quantitative estimate of drug-likeness (QED) is 0.389. The molecule has 2 aromatic rings. The number of benzene rings is 2. The fourth-order valence-corrected chi connectivity index (χ4v) is 8.68. The Bertz CT molecular complexity index is 1030. The first-order valence-corrected chi connectivity index (χ1v) is 15.6. The number of carbonyl (C=O) groups is 1. The van der Waals surface area contributed by atoms with Gasteiger partial charge in [0.15, 0.2) is 0 Å². The zero-order chi connectivity index (χ0) is 26.8. The summed E-state index contributed by atoms with van der Waals surface area (Å²) in [5.41, 5.74) is 0.230. The number of aliphatic hydroxyl groups is 1. The summed E-state index contributed by atoms with van der Waals surface area (Å²) in [5, 5.41) is 18.2. The van der Waals surface area contributed by atoms with Gasteiger partial charge in [0.1, 0.15) is 5.60 Å². The lowest BCUT2D eigenvalue weighted by Gasteiger charge is -2.39. The molecule has 39 heavy (non-hydrogen) atoms. The largest absolute Gasteiger partial charge is 0.378 e. The lowest BCUT2D eigenvalue weighted by atomic mass is 9.68. The number of hydrogen-bond donors (Lipinski definition) is 3. The van der Waals surface area contributed by atoms with E-state index >= 15 is 0 Å². The molecule has 7 rings (SSSR count). The summed E-state index contributed by atoms with van der Waals surface area (Å²) in [4.78, 5) is 16.0. The van der Waals surface area contributed by atoms with Crippen molar-refractivity contribution in [2.24, 2.45) is 23.7 Å². The minimum Gasteiger partial charge on any atom is -0.378 e. The van der Waals surface area contributed by atoms with Gasteiger partial charge in [-0.3, -0.25) is 0 Å². The predicted molar refractivity (Wildman–Crippen MR) is 156 cm³/mol. The van der Waals surface area contributed by atoms with Crippen LogP contribution in [0.2, 0.25) is 0 Å². The van der Waals surface area contributed by atoms with Gasteiger partial charge in [-0.15, -0.1) is 0 Å². The van der Waals surface area contributed by atoms with Crippen molar-refractivity contribution < 1.29 is 9.90 Å². The van der Waals surface area contributed by atoms with Crippen molar-refractivity contribution in [2.45, 2.75) is 94.9 Å². The maximum absolute atomic E-state index is 13.1.